The maximum Gasteiger partial charge on any atom is 0.410 e. The SMILES string of the molecule is C=CCOc1cc(C[C@H](NC(=O)c2cc(Cl)nc(N(CC=C)C(C)=O)c2)C2CN(Cc3cccc(C(C)C)c3)C(=O)O2)ccc1OC. The van der Waals surface area contributed by atoms with E-state index in [9.17, 15) is 14.4 Å². The van der Waals surface area contributed by atoms with Crippen molar-refractivity contribution in [2.75, 3.05) is 31.7 Å². The maximum absolute atomic E-state index is 13.8. The third-order valence-corrected chi connectivity index (χ3v) is 7.91. The number of ether oxygens (including phenoxy) is 3. The van der Waals surface area contributed by atoms with Gasteiger partial charge in [0.2, 0.25) is 5.91 Å². The normalized spacial score (nSPS) is 14.7. The Hall–Kier alpha value is -4.83. The molecule has 0 bridgehead atoms. The van der Waals surface area contributed by atoms with Gasteiger partial charge in [-0.15, -0.1) is 6.58 Å². The molecule has 1 saturated heterocycles. The van der Waals surface area contributed by atoms with Crippen molar-refractivity contribution < 1.29 is 28.6 Å². The van der Waals surface area contributed by atoms with Crippen LogP contribution in [0.3, 0.4) is 0 Å². The van der Waals surface area contributed by atoms with Gasteiger partial charge in [0.1, 0.15) is 23.7 Å². The third kappa shape index (κ3) is 9.13. The van der Waals surface area contributed by atoms with Crippen molar-refractivity contribution in [3.05, 3.63) is 107 Å². The molecule has 0 saturated carbocycles. The highest BCUT2D eigenvalue weighted by molar-refractivity contribution is 6.30. The van der Waals surface area contributed by atoms with Gasteiger partial charge in [0, 0.05) is 25.6 Å². The summed E-state index contributed by atoms with van der Waals surface area (Å²) < 4.78 is 17.1. The maximum atomic E-state index is 13.8. The number of carbonyl (C=O) groups excluding carboxylic acids is 3. The molecule has 2 atom stereocenters. The number of halogens is 1. The van der Waals surface area contributed by atoms with Gasteiger partial charge in [-0.25, -0.2) is 9.78 Å². The number of aromatic nitrogens is 1. The smallest absolute Gasteiger partial charge is 0.410 e. The number of cyclic esters (lactones) is 1. The number of amides is 3. The average Bonchev–Trinajstić information content (AvgIpc) is 3.41. The van der Waals surface area contributed by atoms with Crippen molar-refractivity contribution in [1.29, 1.82) is 0 Å². The number of carbonyl (C=O) groups is 3. The Morgan fingerprint density at radius 1 is 1.13 bits per heavy atom. The first-order chi connectivity index (χ1) is 22.5. The lowest BCUT2D eigenvalue weighted by molar-refractivity contribution is -0.116. The van der Waals surface area contributed by atoms with Crippen molar-refractivity contribution >= 4 is 35.3 Å². The molecule has 3 amide bonds. The van der Waals surface area contributed by atoms with Crippen LogP contribution in [0.15, 0.2) is 79.9 Å². The van der Waals surface area contributed by atoms with Crippen molar-refractivity contribution in [2.24, 2.45) is 0 Å². The lowest BCUT2D eigenvalue weighted by Gasteiger charge is -2.25. The predicted molar refractivity (Wildman–Crippen MR) is 182 cm³/mol. The second-order valence-electron chi connectivity index (χ2n) is 11.5. The van der Waals surface area contributed by atoms with Crippen LogP contribution in [0, 0.1) is 0 Å². The fraction of sp³-hybridized carbons (Fsp3) is 0.333. The monoisotopic (exact) mass is 660 g/mol. The number of rotatable bonds is 15. The molecule has 1 aliphatic heterocycles. The number of methoxy groups -OCH3 is 1. The Morgan fingerprint density at radius 2 is 1.91 bits per heavy atom. The highest BCUT2D eigenvalue weighted by Crippen LogP contribution is 2.30. The molecule has 47 heavy (non-hydrogen) atoms. The fourth-order valence-electron chi connectivity index (χ4n) is 5.30. The summed E-state index contributed by atoms with van der Waals surface area (Å²) in [7, 11) is 1.55. The second-order valence-corrected chi connectivity index (χ2v) is 11.9. The number of hydrogen-bond donors (Lipinski definition) is 1. The van der Waals surface area contributed by atoms with Gasteiger partial charge >= 0.3 is 6.09 Å². The number of nitrogens with zero attached hydrogens (tertiary/aromatic N) is 3. The van der Waals surface area contributed by atoms with Gasteiger partial charge in [-0.2, -0.15) is 0 Å². The first-order valence-electron chi connectivity index (χ1n) is 15.3. The summed E-state index contributed by atoms with van der Waals surface area (Å²) in [5, 5.41) is 3.10. The van der Waals surface area contributed by atoms with Crippen LogP contribution in [-0.2, 0) is 22.5 Å². The zero-order chi connectivity index (χ0) is 34.1. The summed E-state index contributed by atoms with van der Waals surface area (Å²) >= 11 is 6.31. The molecule has 0 radical (unpaired) electrons. The minimum atomic E-state index is -0.675. The molecule has 1 aliphatic rings. The molecule has 2 heterocycles. The average molecular weight is 661 g/mol. The number of hydrogen-bond acceptors (Lipinski definition) is 7. The molecule has 4 rings (SSSR count). The van der Waals surface area contributed by atoms with E-state index in [4.69, 9.17) is 25.8 Å². The molecule has 3 aromatic rings. The molecule has 0 aliphatic carbocycles. The van der Waals surface area contributed by atoms with Crippen LogP contribution >= 0.6 is 11.6 Å². The van der Waals surface area contributed by atoms with E-state index < -0.39 is 24.1 Å². The lowest BCUT2D eigenvalue weighted by atomic mass is 9.99. The van der Waals surface area contributed by atoms with E-state index in [1.54, 1.807) is 30.2 Å². The molecule has 248 valence electrons. The van der Waals surface area contributed by atoms with E-state index in [1.165, 1.54) is 29.5 Å². The Balaban J connectivity index is 1.63. The number of pyridine rings is 1. The van der Waals surface area contributed by atoms with Gasteiger partial charge in [-0.05, 0) is 53.3 Å². The van der Waals surface area contributed by atoms with Crippen molar-refractivity contribution in [1.82, 2.24) is 15.2 Å². The molecule has 1 unspecified atom stereocenters. The van der Waals surface area contributed by atoms with Gasteiger partial charge in [-0.1, -0.05) is 74.5 Å². The van der Waals surface area contributed by atoms with Crippen LogP contribution in [0.5, 0.6) is 11.5 Å². The van der Waals surface area contributed by atoms with Crippen LogP contribution in [0.2, 0.25) is 5.15 Å². The standard InChI is InChI=1S/C36H41ClN4O6/c1-7-14-41(24(5)42)34-20-28(19-33(37)39-34)35(43)38-29(17-25-12-13-30(45-6)31(18-25)46-15-8-2)32-22-40(36(44)47-32)21-26-10-9-11-27(16-26)23(3)4/h7-13,16,18-20,23,29,32H,1-2,14-15,17,21-22H2,3-6H3,(H,38,43)/t29-,32?/m0/s1. The summed E-state index contributed by atoms with van der Waals surface area (Å²) in [5.41, 5.74) is 3.17. The van der Waals surface area contributed by atoms with E-state index in [-0.39, 0.29) is 42.1 Å². The highest BCUT2D eigenvalue weighted by atomic mass is 35.5. The molecule has 11 heteroatoms. The van der Waals surface area contributed by atoms with Crippen molar-refractivity contribution in [3.63, 3.8) is 0 Å². The van der Waals surface area contributed by atoms with Gasteiger partial charge in [0.25, 0.3) is 5.91 Å². The Bertz CT molecular complexity index is 1630. The zero-order valence-corrected chi connectivity index (χ0v) is 28.0. The fourth-order valence-corrected chi connectivity index (χ4v) is 5.50. The number of anilines is 1. The molecule has 1 N–H and O–H groups in total. The van der Waals surface area contributed by atoms with Crippen LogP contribution in [0.25, 0.3) is 0 Å². The predicted octanol–water partition coefficient (Wildman–Crippen LogP) is 6.33. The van der Waals surface area contributed by atoms with Crippen molar-refractivity contribution in [2.45, 2.75) is 51.8 Å². The Morgan fingerprint density at radius 3 is 2.60 bits per heavy atom. The second kappa shape index (κ2) is 16.1. The molecule has 1 fully saturated rings. The van der Waals surface area contributed by atoms with Crippen LogP contribution in [0.1, 0.15) is 53.7 Å². The highest BCUT2D eigenvalue weighted by Gasteiger charge is 2.38. The van der Waals surface area contributed by atoms with Gasteiger partial charge in [0.15, 0.2) is 11.5 Å². The number of nitrogens with one attached hydrogen (secondary N) is 1. The quantitative estimate of drug-likeness (QED) is 0.150. The van der Waals surface area contributed by atoms with Crippen LogP contribution in [0.4, 0.5) is 10.6 Å². The summed E-state index contributed by atoms with van der Waals surface area (Å²) in [4.78, 5) is 46.5. The summed E-state index contributed by atoms with van der Waals surface area (Å²) in [6.07, 6.45) is 2.35. The lowest BCUT2D eigenvalue weighted by Crippen LogP contribution is -2.46. The summed E-state index contributed by atoms with van der Waals surface area (Å²) in [6.45, 7) is 14.1. The third-order valence-electron chi connectivity index (χ3n) is 7.72. The van der Waals surface area contributed by atoms with Crippen LogP contribution in [-0.4, -0.2) is 66.7 Å². The summed E-state index contributed by atoms with van der Waals surface area (Å²) in [6, 6.07) is 15.9. The minimum Gasteiger partial charge on any atom is -0.493 e. The first kappa shape index (κ1) is 35.0. The van der Waals surface area contributed by atoms with E-state index in [2.05, 4.69) is 49.4 Å². The Labute approximate surface area is 281 Å². The minimum absolute atomic E-state index is 0.0424. The topological polar surface area (TPSA) is 110 Å². The number of benzene rings is 2. The first-order valence-corrected chi connectivity index (χ1v) is 15.7. The molecule has 1 aromatic heterocycles. The molecule has 0 spiro atoms. The van der Waals surface area contributed by atoms with E-state index in [0.717, 1.165) is 11.1 Å². The molecule has 2 aromatic carbocycles. The molecular weight excluding hydrogens is 620 g/mol. The van der Waals surface area contributed by atoms with Gasteiger partial charge in [-0.3, -0.25) is 14.5 Å². The Kier molecular flexibility index (Phi) is 12.0. The van der Waals surface area contributed by atoms with E-state index in [0.29, 0.717) is 30.4 Å². The molecular formula is C36H41ClN4O6. The van der Waals surface area contributed by atoms with Crippen molar-refractivity contribution in [3.8, 4) is 11.5 Å². The van der Waals surface area contributed by atoms with E-state index in [1.807, 2.05) is 24.3 Å². The van der Waals surface area contributed by atoms with E-state index >= 15 is 0 Å². The van der Waals surface area contributed by atoms with Crippen LogP contribution < -0.4 is 19.7 Å². The summed E-state index contributed by atoms with van der Waals surface area (Å²) in [5.74, 6) is 0.870. The van der Waals surface area contributed by atoms with Gasteiger partial charge < -0.3 is 24.4 Å². The zero-order valence-electron chi connectivity index (χ0n) is 27.2. The van der Waals surface area contributed by atoms with Gasteiger partial charge in [0.05, 0.1) is 19.7 Å². The largest absolute Gasteiger partial charge is 0.493 e. The molecule has 10 nitrogen and oxygen atoms in total.